The third-order valence-electron chi connectivity index (χ3n) is 4.45. The molecule has 142 valence electrons. The van der Waals surface area contributed by atoms with Gasteiger partial charge in [0, 0.05) is 32.1 Å². The monoisotopic (exact) mass is 440 g/mol. The predicted molar refractivity (Wildman–Crippen MR) is 107 cm³/mol. The molecule has 3 heterocycles. The second-order valence-corrected chi connectivity index (χ2v) is 8.99. The Morgan fingerprint density at radius 3 is 2.96 bits per heavy atom. The average Bonchev–Trinajstić information content (AvgIpc) is 3.33. The number of thiophene rings is 1. The van der Waals surface area contributed by atoms with E-state index in [1.54, 1.807) is 11.3 Å². The fourth-order valence-corrected chi connectivity index (χ4v) is 4.34. The molecular weight excluding hydrogens is 416 g/mol. The predicted octanol–water partition coefficient (Wildman–Crippen LogP) is 2.70. The van der Waals surface area contributed by atoms with E-state index in [2.05, 4.69) is 55.5 Å². The third-order valence-corrected chi connectivity index (χ3v) is 6.06. The van der Waals surface area contributed by atoms with E-state index in [0.717, 1.165) is 53.9 Å². The van der Waals surface area contributed by atoms with Crippen molar-refractivity contribution in [2.45, 2.75) is 39.0 Å². The summed E-state index contributed by atoms with van der Waals surface area (Å²) in [7, 11) is 4.02. The molecule has 9 heteroatoms. The molecule has 0 aliphatic carbocycles. The smallest absolute Gasteiger partial charge is 0.194 e. The minimum absolute atomic E-state index is 0.265. The molecule has 1 atom stereocenters. The number of hydrogen-bond acceptors (Lipinski definition) is 5. The minimum atomic E-state index is 0.265. The lowest BCUT2D eigenvalue weighted by molar-refractivity contribution is 0.113. The molecule has 1 unspecified atom stereocenters. The molecular formula is C17H25BrN6OS. The van der Waals surface area contributed by atoms with Gasteiger partial charge in [0.25, 0.3) is 0 Å². The molecule has 26 heavy (non-hydrogen) atoms. The van der Waals surface area contributed by atoms with Gasteiger partial charge in [-0.2, -0.15) is 0 Å². The summed E-state index contributed by atoms with van der Waals surface area (Å²) in [5, 5.41) is 11.8. The van der Waals surface area contributed by atoms with Crippen molar-refractivity contribution in [2.75, 3.05) is 20.2 Å². The molecule has 1 N–H and O–H groups in total. The van der Waals surface area contributed by atoms with Gasteiger partial charge in [0.1, 0.15) is 12.4 Å². The lowest BCUT2D eigenvalue weighted by atomic mass is 10.2. The summed E-state index contributed by atoms with van der Waals surface area (Å²) in [5.74, 6) is 2.60. The van der Waals surface area contributed by atoms with Crippen molar-refractivity contribution < 1.29 is 4.74 Å². The normalized spacial score (nSPS) is 17.7. The Hall–Kier alpha value is -1.45. The number of rotatable bonds is 6. The van der Waals surface area contributed by atoms with Crippen molar-refractivity contribution in [3.8, 4) is 0 Å². The Balaban J connectivity index is 1.68. The van der Waals surface area contributed by atoms with Crippen LogP contribution in [0.15, 0.2) is 20.9 Å². The molecule has 1 aliphatic heterocycles. The lowest BCUT2D eigenvalue weighted by Crippen LogP contribution is -2.41. The van der Waals surface area contributed by atoms with Gasteiger partial charge in [-0.3, -0.25) is 0 Å². The summed E-state index contributed by atoms with van der Waals surface area (Å²) in [4.78, 5) is 8.19. The SMILES string of the molecule is Cc1nnc(CN=C(NCC2CCCO2)N(C)Cc2ccc(Br)s2)n1C. The van der Waals surface area contributed by atoms with Crippen LogP contribution in [-0.2, 0) is 24.9 Å². The fourth-order valence-electron chi connectivity index (χ4n) is 2.80. The number of nitrogens with one attached hydrogen (secondary N) is 1. The van der Waals surface area contributed by atoms with Crippen LogP contribution in [0.25, 0.3) is 0 Å². The molecule has 2 aromatic rings. The van der Waals surface area contributed by atoms with Gasteiger partial charge in [0.2, 0.25) is 0 Å². The number of hydrogen-bond donors (Lipinski definition) is 1. The zero-order valence-corrected chi connectivity index (χ0v) is 17.8. The quantitative estimate of drug-likeness (QED) is 0.552. The molecule has 1 aliphatic rings. The van der Waals surface area contributed by atoms with Crippen molar-refractivity contribution in [3.05, 3.63) is 32.4 Å². The molecule has 1 saturated heterocycles. The van der Waals surface area contributed by atoms with E-state index in [1.807, 2.05) is 18.5 Å². The topological polar surface area (TPSA) is 67.6 Å². The molecule has 2 aromatic heterocycles. The number of aliphatic imine (C=N–C) groups is 1. The first kappa shape index (κ1) is 19.3. The molecule has 0 spiro atoms. The van der Waals surface area contributed by atoms with Crippen molar-refractivity contribution in [2.24, 2.45) is 12.0 Å². The maximum absolute atomic E-state index is 5.72. The van der Waals surface area contributed by atoms with E-state index in [4.69, 9.17) is 9.73 Å². The van der Waals surface area contributed by atoms with Crippen LogP contribution in [0.5, 0.6) is 0 Å². The Labute approximate surface area is 166 Å². The van der Waals surface area contributed by atoms with Crippen molar-refractivity contribution in [1.82, 2.24) is 25.0 Å². The molecule has 0 bridgehead atoms. The molecule has 7 nitrogen and oxygen atoms in total. The van der Waals surface area contributed by atoms with Crippen LogP contribution < -0.4 is 5.32 Å². The summed E-state index contributed by atoms with van der Waals surface area (Å²) < 4.78 is 8.83. The first-order chi connectivity index (χ1) is 12.5. The van der Waals surface area contributed by atoms with Crippen LogP contribution in [0.3, 0.4) is 0 Å². The van der Waals surface area contributed by atoms with Gasteiger partial charge < -0.3 is 19.5 Å². The molecule has 0 saturated carbocycles. The van der Waals surface area contributed by atoms with Gasteiger partial charge in [-0.05, 0) is 47.8 Å². The van der Waals surface area contributed by atoms with Gasteiger partial charge in [0.15, 0.2) is 11.8 Å². The highest BCUT2D eigenvalue weighted by atomic mass is 79.9. The summed E-state index contributed by atoms with van der Waals surface area (Å²) in [6, 6.07) is 4.21. The van der Waals surface area contributed by atoms with Crippen LogP contribution in [0, 0.1) is 6.92 Å². The highest BCUT2D eigenvalue weighted by Crippen LogP contribution is 2.23. The van der Waals surface area contributed by atoms with E-state index in [0.29, 0.717) is 6.54 Å². The zero-order valence-electron chi connectivity index (χ0n) is 15.4. The summed E-state index contributed by atoms with van der Waals surface area (Å²) in [5.41, 5.74) is 0. The van der Waals surface area contributed by atoms with E-state index in [1.165, 1.54) is 4.88 Å². The number of halogens is 1. The standard InChI is InChI=1S/C17H25BrN6OS/c1-12-21-22-16(24(12)3)10-20-17(19-9-13-5-4-8-25-13)23(2)11-14-6-7-15(18)26-14/h6-7,13H,4-5,8-11H2,1-3H3,(H,19,20). The van der Waals surface area contributed by atoms with Crippen molar-refractivity contribution in [1.29, 1.82) is 0 Å². The molecule has 0 radical (unpaired) electrons. The summed E-state index contributed by atoms with van der Waals surface area (Å²) >= 11 is 5.26. The first-order valence-electron chi connectivity index (χ1n) is 8.73. The Bertz CT molecular complexity index is 752. The van der Waals surface area contributed by atoms with Crippen LogP contribution in [0.4, 0.5) is 0 Å². The van der Waals surface area contributed by atoms with Crippen LogP contribution in [0.2, 0.25) is 0 Å². The fraction of sp³-hybridized carbons (Fsp3) is 0.588. The van der Waals surface area contributed by atoms with Crippen molar-refractivity contribution >= 4 is 33.2 Å². The van der Waals surface area contributed by atoms with Crippen LogP contribution in [-0.4, -0.2) is 51.9 Å². The lowest BCUT2D eigenvalue weighted by Gasteiger charge is -2.23. The average molecular weight is 441 g/mol. The van der Waals surface area contributed by atoms with E-state index < -0.39 is 0 Å². The first-order valence-corrected chi connectivity index (χ1v) is 10.3. The molecule has 0 amide bonds. The summed E-state index contributed by atoms with van der Waals surface area (Å²) in [6.45, 7) is 4.86. The zero-order chi connectivity index (χ0) is 18.5. The number of nitrogens with zero attached hydrogens (tertiary/aromatic N) is 5. The van der Waals surface area contributed by atoms with Gasteiger partial charge >= 0.3 is 0 Å². The number of aromatic nitrogens is 3. The van der Waals surface area contributed by atoms with E-state index in [-0.39, 0.29) is 6.10 Å². The Morgan fingerprint density at radius 1 is 1.50 bits per heavy atom. The Kier molecular flexibility index (Phi) is 6.66. The van der Waals surface area contributed by atoms with Crippen LogP contribution >= 0.6 is 27.3 Å². The Morgan fingerprint density at radius 2 is 2.35 bits per heavy atom. The highest BCUT2D eigenvalue weighted by molar-refractivity contribution is 9.11. The number of aryl methyl sites for hydroxylation is 1. The van der Waals surface area contributed by atoms with Gasteiger partial charge in [-0.15, -0.1) is 21.5 Å². The van der Waals surface area contributed by atoms with Gasteiger partial charge in [0.05, 0.1) is 16.4 Å². The largest absolute Gasteiger partial charge is 0.376 e. The van der Waals surface area contributed by atoms with Crippen molar-refractivity contribution in [3.63, 3.8) is 0 Å². The van der Waals surface area contributed by atoms with E-state index in [9.17, 15) is 0 Å². The summed E-state index contributed by atoms with van der Waals surface area (Å²) in [6.07, 6.45) is 2.50. The van der Waals surface area contributed by atoms with Gasteiger partial charge in [-0.25, -0.2) is 4.99 Å². The molecule has 0 aromatic carbocycles. The third kappa shape index (κ3) is 5.05. The highest BCUT2D eigenvalue weighted by Gasteiger charge is 2.17. The van der Waals surface area contributed by atoms with E-state index >= 15 is 0 Å². The second-order valence-electron chi connectivity index (χ2n) is 6.44. The minimum Gasteiger partial charge on any atom is -0.376 e. The number of ether oxygens (including phenoxy) is 1. The maximum Gasteiger partial charge on any atom is 0.194 e. The molecule has 1 fully saturated rings. The second kappa shape index (κ2) is 8.96. The number of guanidine groups is 1. The maximum atomic E-state index is 5.72. The molecule has 3 rings (SSSR count). The van der Waals surface area contributed by atoms with Crippen LogP contribution in [0.1, 0.15) is 29.4 Å². The van der Waals surface area contributed by atoms with Gasteiger partial charge in [-0.1, -0.05) is 0 Å².